The topological polar surface area (TPSA) is 46.5 Å². The van der Waals surface area contributed by atoms with Crippen LogP contribution in [0, 0.1) is 17.3 Å². The fourth-order valence-electron chi connectivity index (χ4n) is 3.12. The van der Waals surface area contributed by atoms with Crippen LogP contribution in [0.15, 0.2) is 0 Å². The van der Waals surface area contributed by atoms with Crippen molar-refractivity contribution in [1.29, 1.82) is 0 Å². The van der Waals surface area contributed by atoms with Crippen molar-refractivity contribution in [2.45, 2.75) is 53.1 Å². The number of carbonyl (C=O) groups is 1. The van der Waals surface area contributed by atoms with E-state index < -0.39 is 5.60 Å². The molecule has 0 heterocycles. The molecule has 3 heteroatoms. The third-order valence-corrected chi connectivity index (χ3v) is 4.12. The smallest absolute Gasteiger partial charge is 0.311 e. The van der Waals surface area contributed by atoms with E-state index in [4.69, 9.17) is 4.74 Å². The number of ether oxygens (including phenoxy) is 1. The molecule has 1 N–H and O–H groups in total. The molecule has 1 saturated carbocycles. The first kappa shape index (κ1) is 13.5. The van der Waals surface area contributed by atoms with E-state index in [0.717, 1.165) is 12.8 Å². The standard InChI is InChI=1S/C13H24O3/c1-6-16-11(14)10-7-8-12(4,5)13(10,15)9(2)3/h9-10,15H,6-8H2,1-5H3/t10-,13+/m0/s1. The van der Waals surface area contributed by atoms with Crippen LogP contribution in [0.4, 0.5) is 0 Å². The van der Waals surface area contributed by atoms with Crippen LogP contribution in [-0.2, 0) is 9.53 Å². The number of aliphatic hydroxyl groups is 1. The Bertz CT molecular complexity index is 270. The van der Waals surface area contributed by atoms with Crippen molar-refractivity contribution >= 4 is 5.97 Å². The van der Waals surface area contributed by atoms with E-state index >= 15 is 0 Å². The van der Waals surface area contributed by atoms with E-state index in [9.17, 15) is 9.90 Å². The molecule has 0 bridgehead atoms. The van der Waals surface area contributed by atoms with Gasteiger partial charge in [-0.3, -0.25) is 4.79 Å². The average molecular weight is 228 g/mol. The molecular weight excluding hydrogens is 204 g/mol. The monoisotopic (exact) mass is 228 g/mol. The molecule has 0 aromatic carbocycles. The van der Waals surface area contributed by atoms with E-state index in [-0.39, 0.29) is 23.2 Å². The highest BCUT2D eigenvalue weighted by Crippen LogP contribution is 2.53. The lowest BCUT2D eigenvalue weighted by Crippen LogP contribution is -2.52. The maximum Gasteiger partial charge on any atom is 0.311 e. The van der Waals surface area contributed by atoms with Gasteiger partial charge in [-0.15, -0.1) is 0 Å². The van der Waals surface area contributed by atoms with Crippen molar-refractivity contribution in [3.05, 3.63) is 0 Å². The molecule has 0 unspecified atom stereocenters. The van der Waals surface area contributed by atoms with Crippen LogP contribution in [0.3, 0.4) is 0 Å². The third kappa shape index (κ3) is 1.86. The highest BCUT2D eigenvalue weighted by atomic mass is 16.5. The van der Waals surface area contributed by atoms with E-state index in [0.29, 0.717) is 6.61 Å². The summed E-state index contributed by atoms with van der Waals surface area (Å²) in [7, 11) is 0. The lowest BCUT2D eigenvalue weighted by atomic mass is 9.68. The molecule has 1 aliphatic rings. The second-order valence-electron chi connectivity index (χ2n) is 5.71. The molecular formula is C13H24O3. The fraction of sp³-hybridized carbons (Fsp3) is 0.923. The van der Waals surface area contributed by atoms with Crippen LogP contribution in [0.5, 0.6) is 0 Å². The van der Waals surface area contributed by atoms with Crippen LogP contribution < -0.4 is 0 Å². The molecule has 1 rings (SSSR count). The second-order valence-corrected chi connectivity index (χ2v) is 5.71. The van der Waals surface area contributed by atoms with Gasteiger partial charge < -0.3 is 9.84 Å². The van der Waals surface area contributed by atoms with Gasteiger partial charge in [-0.2, -0.15) is 0 Å². The van der Waals surface area contributed by atoms with Crippen LogP contribution in [0.1, 0.15) is 47.5 Å². The Balaban J connectivity index is 2.99. The van der Waals surface area contributed by atoms with Crippen LogP contribution >= 0.6 is 0 Å². The molecule has 0 amide bonds. The molecule has 0 aliphatic heterocycles. The Hall–Kier alpha value is -0.570. The first-order chi connectivity index (χ1) is 7.27. The minimum atomic E-state index is -0.945. The minimum Gasteiger partial charge on any atom is -0.466 e. The zero-order valence-corrected chi connectivity index (χ0v) is 11.0. The van der Waals surface area contributed by atoms with Crippen LogP contribution in [-0.4, -0.2) is 23.3 Å². The second kappa shape index (κ2) is 4.36. The summed E-state index contributed by atoms with van der Waals surface area (Å²) in [6.45, 7) is 10.2. The molecule has 94 valence electrons. The average Bonchev–Trinajstić information content (AvgIpc) is 2.40. The summed E-state index contributed by atoms with van der Waals surface area (Å²) in [5.41, 5.74) is -1.17. The van der Waals surface area contributed by atoms with Crippen molar-refractivity contribution < 1.29 is 14.6 Å². The molecule has 0 aromatic rings. The Morgan fingerprint density at radius 2 is 2.06 bits per heavy atom. The van der Waals surface area contributed by atoms with Crippen LogP contribution in [0.25, 0.3) is 0 Å². The molecule has 0 saturated heterocycles. The number of hydrogen-bond donors (Lipinski definition) is 1. The number of esters is 1. The van der Waals surface area contributed by atoms with Gasteiger partial charge in [-0.25, -0.2) is 0 Å². The molecule has 1 aliphatic carbocycles. The summed E-state index contributed by atoms with van der Waals surface area (Å²) >= 11 is 0. The first-order valence-corrected chi connectivity index (χ1v) is 6.16. The van der Waals surface area contributed by atoms with Crippen LogP contribution in [0.2, 0.25) is 0 Å². The number of carbonyl (C=O) groups excluding carboxylic acids is 1. The number of rotatable bonds is 3. The Morgan fingerprint density at radius 1 is 1.50 bits per heavy atom. The SMILES string of the molecule is CCOC(=O)[C@@H]1CCC(C)(C)[C@@]1(O)C(C)C. The highest BCUT2D eigenvalue weighted by molar-refractivity contribution is 5.74. The minimum absolute atomic E-state index is 0.0550. The van der Waals surface area contributed by atoms with Gasteiger partial charge in [0.25, 0.3) is 0 Å². The number of hydrogen-bond acceptors (Lipinski definition) is 3. The third-order valence-electron chi connectivity index (χ3n) is 4.12. The van der Waals surface area contributed by atoms with Crippen molar-refractivity contribution in [3.8, 4) is 0 Å². The lowest BCUT2D eigenvalue weighted by molar-refractivity contribution is -0.168. The Labute approximate surface area is 98.2 Å². The molecule has 16 heavy (non-hydrogen) atoms. The summed E-state index contributed by atoms with van der Waals surface area (Å²) in [4.78, 5) is 11.9. The Kier molecular flexibility index (Phi) is 3.68. The predicted molar refractivity (Wildman–Crippen MR) is 62.9 cm³/mol. The lowest BCUT2D eigenvalue weighted by Gasteiger charge is -2.43. The maximum absolute atomic E-state index is 11.9. The molecule has 0 spiro atoms. The summed E-state index contributed by atoms with van der Waals surface area (Å²) < 4.78 is 5.07. The summed E-state index contributed by atoms with van der Waals surface area (Å²) in [6.07, 6.45) is 1.59. The van der Waals surface area contributed by atoms with Gasteiger partial charge in [-0.05, 0) is 31.1 Å². The van der Waals surface area contributed by atoms with E-state index in [1.54, 1.807) is 6.92 Å². The van der Waals surface area contributed by atoms with Gasteiger partial charge in [-0.1, -0.05) is 27.7 Å². The van der Waals surface area contributed by atoms with Crippen molar-refractivity contribution in [2.75, 3.05) is 6.61 Å². The van der Waals surface area contributed by atoms with Crippen molar-refractivity contribution in [1.82, 2.24) is 0 Å². The largest absolute Gasteiger partial charge is 0.466 e. The molecule has 1 fully saturated rings. The molecule has 0 radical (unpaired) electrons. The predicted octanol–water partition coefficient (Wildman–Crippen LogP) is 2.37. The van der Waals surface area contributed by atoms with Gasteiger partial charge in [0, 0.05) is 0 Å². The van der Waals surface area contributed by atoms with E-state index in [2.05, 4.69) is 0 Å². The summed E-state index contributed by atoms with van der Waals surface area (Å²) in [5.74, 6) is -0.564. The van der Waals surface area contributed by atoms with E-state index in [1.807, 2.05) is 27.7 Å². The fourth-order valence-corrected chi connectivity index (χ4v) is 3.12. The maximum atomic E-state index is 11.9. The van der Waals surface area contributed by atoms with Gasteiger partial charge in [0.15, 0.2) is 0 Å². The zero-order chi connectivity index (χ0) is 12.6. The van der Waals surface area contributed by atoms with Gasteiger partial charge >= 0.3 is 5.97 Å². The van der Waals surface area contributed by atoms with Crippen molar-refractivity contribution in [3.63, 3.8) is 0 Å². The first-order valence-electron chi connectivity index (χ1n) is 6.16. The molecule has 2 atom stereocenters. The normalized spacial score (nSPS) is 33.1. The quantitative estimate of drug-likeness (QED) is 0.754. The van der Waals surface area contributed by atoms with Gasteiger partial charge in [0.2, 0.25) is 0 Å². The summed E-state index contributed by atoms with van der Waals surface area (Å²) in [6, 6.07) is 0. The van der Waals surface area contributed by atoms with Gasteiger partial charge in [0.05, 0.1) is 18.1 Å². The zero-order valence-electron chi connectivity index (χ0n) is 11.0. The van der Waals surface area contributed by atoms with Crippen molar-refractivity contribution in [2.24, 2.45) is 17.3 Å². The van der Waals surface area contributed by atoms with Gasteiger partial charge in [0.1, 0.15) is 0 Å². The molecule has 3 nitrogen and oxygen atoms in total. The van der Waals surface area contributed by atoms with E-state index in [1.165, 1.54) is 0 Å². The summed E-state index contributed by atoms with van der Waals surface area (Å²) in [5, 5.41) is 10.9. The highest BCUT2D eigenvalue weighted by Gasteiger charge is 2.58. The Morgan fingerprint density at radius 3 is 2.50 bits per heavy atom. The molecule has 0 aromatic heterocycles.